The van der Waals surface area contributed by atoms with E-state index < -0.39 is 0 Å². The lowest BCUT2D eigenvalue weighted by molar-refractivity contribution is -0.139. The smallest absolute Gasteiger partial charge is 0.310 e. The number of ether oxygens (including phenoxy) is 1. The fourth-order valence-electron chi connectivity index (χ4n) is 2.37. The molecule has 0 amide bonds. The Morgan fingerprint density at radius 1 is 1.20 bits per heavy atom. The summed E-state index contributed by atoms with van der Waals surface area (Å²) in [4.78, 5) is 27.4. The van der Waals surface area contributed by atoms with Crippen LogP contribution in [-0.2, 0) is 28.8 Å². The van der Waals surface area contributed by atoms with E-state index >= 15 is 0 Å². The molecule has 0 fully saturated rings. The van der Waals surface area contributed by atoms with Crippen molar-refractivity contribution in [2.45, 2.75) is 25.7 Å². The molecule has 0 aliphatic heterocycles. The minimum Gasteiger partial charge on any atom is -0.469 e. The summed E-state index contributed by atoms with van der Waals surface area (Å²) in [6.45, 7) is 0. The lowest BCUT2D eigenvalue weighted by atomic mass is 10.2. The summed E-state index contributed by atoms with van der Waals surface area (Å²) in [6, 6.07) is 5.67. The second-order valence-corrected chi connectivity index (χ2v) is 7.07. The van der Waals surface area contributed by atoms with E-state index in [2.05, 4.69) is 4.74 Å². The average Bonchev–Trinajstić information content (AvgIpc) is 3.12. The first-order valence-corrected chi connectivity index (χ1v) is 8.12. The highest BCUT2D eigenvalue weighted by Gasteiger charge is 2.20. The molecular formula is C15H14O3S2. The highest BCUT2D eigenvalue weighted by molar-refractivity contribution is 7.17. The molecule has 0 aromatic carbocycles. The van der Waals surface area contributed by atoms with Crippen LogP contribution in [0.1, 0.15) is 36.3 Å². The Morgan fingerprint density at radius 3 is 2.80 bits per heavy atom. The van der Waals surface area contributed by atoms with Gasteiger partial charge in [-0.15, -0.1) is 22.7 Å². The van der Waals surface area contributed by atoms with Crippen molar-refractivity contribution in [2.75, 3.05) is 7.11 Å². The number of fused-ring (bicyclic) bond motifs is 1. The topological polar surface area (TPSA) is 43.4 Å². The Kier molecular flexibility index (Phi) is 3.72. The Bertz CT molecular complexity index is 645. The van der Waals surface area contributed by atoms with Crippen molar-refractivity contribution in [2.24, 2.45) is 0 Å². The van der Waals surface area contributed by atoms with Crippen molar-refractivity contribution in [3.8, 4) is 0 Å². The van der Waals surface area contributed by atoms with Gasteiger partial charge in [-0.2, -0.15) is 0 Å². The number of thiophene rings is 2. The van der Waals surface area contributed by atoms with E-state index in [-0.39, 0.29) is 18.2 Å². The number of aryl methyl sites for hydroxylation is 2. The highest BCUT2D eigenvalue weighted by atomic mass is 32.1. The molecule has 2 heterocycles. The van der Waals surface area contributed by atoms with Crippen molar-refractivity contribution >= 4 is 34.4 Å². The van der Waals surface area contributed by atoms with Crippen molar-refractivity contribution in [1.29, 1.82) is 0 Å². The van der Waals surface area contributed by atoms with Crippen molar-refractivity contribution in [1.82, 2.24) is 0 Å². The first-order valence-electron chi connectivity index (χ1n) is 6.49. The molecule has 1 aliphatic rings. The maximum Gasteiger partial charge on any atom is 0.310 e. The van der Waals surface area contributed by atoms with Crippen LogP contribution < -0.4 is 0 Å². The van der Waals surface area contributed by atoms with E-state index in [0.717, 1.165) is 22.6 Å². The zero-order chi connectivity index (χ0) is 14.1. The number of methoxy groups -OCH3 is 1. The minimum atomic E-state index is -0.277. The number of rotatable bonds is 4. The van der Waals surface area contributed by atoms with Gasteiger partial charge in [0.15, 0.2) is 0 Å². The molecule has 0 atom stereocenters. The van der Waals surface area contributed by atoms with Crippen LogP contribution in [0.15, 0.2) is 18.2 Å². The van der Waals surface area contributed by atoms with E-state index in [1.165, 1.54) is 35.3 Å². The lowest BCUT2D eigenvalue weighted by Gasteiger charge is -1.95. The molecule has 1 aliphatic carbocycles. The minimum absolute atomic E-state index is 0.0746. The normalized spacial score (nSPS) is 13.2. The van der Waals surface area contributed by atoms with Gasteiger partial charge in [-0.1, -0.05) is 0 Å². The Hall–Kier alpha value is -1.46. The Labute approximate surface area is 125 Å². The molecule has 20 heavy (non-hydrogen) atoms. The van der Waals surface area contributed by atoms with Crippen LogP contribution in [0, 0.1) is 0 Å². The number of hydrogen-bond donors (Lipinski definition) is 0. The summed E-state index contributed by atoms with van der Waals surface area (Å²) in [5.41, 5.74) is 1.34. The van der Waals surface area contributed by atoms with Crippen LogP contribution >= 0.6 is 22.7 Å². The molecule has 104 valence electrons. The Morgan fingerprint density at radius 2 is 2.05 bits per heavy atom. The molecular weight excluding hydrogens is 292 g/mol. The third kappa shape index (κ3) is 2.55. The summed E-state index contributed by atoms with van der Waals surface area (Å²) in [7, 11) is 1.37. The van der Waals surface area contributed by atoms with E-state index in [1.54, 1.807) is 17.4 Å². The predicted molar refractivity (Wildman–Crippen MR) is 79.8 cm³/mol. The van der Waals surface area contributed by atoms with Crippen molar-refractivity contribution in [3.05, 3.63) is 43.3 Å². The zero-order valence-electron chi connectivity index (χ0n) is 11.1. The first-order chi connectivity index (χ1) is 9.67. The average molecular weight is 306 g/mol. The van der Waals surface area contributed by atoms with Gasteiger partial charge in [0.05, 0.1) is 23.3 Å². The number of hydrogen-bond acceptors (Lipinski definition) is 5. The monoisotopic (exact) mass is 306 g/mol. The van der Waals surface area contributed by atoms with Gasteiger partial charge in [0.25, 0.3) is 0 Å². The standard InChI is InChI=1S/C15H14O3S2/c1-18-14(16)8-10-5-6-12(19-10)15(17)13-7-9-3-2-4-11(9)20-13/h5-7H,2-4,8H2,1H3. The van der Waals surface area contributed by atoms with Crippen LogP contribution in [0.5, 0.6) is 0 Å². The third-order valence-electron chi connectivity index (χ3n) is 3.40. The van der Waals surface area contributed by atoms with Crippen molar-refractivity contribution in [3.63, 3.8) is 0 Å². The van der Waals surface area contributed by atoms with Gasteiger partial charge < -0.3 is 4.74 Å². The number of carbonyl (C=O) groups excluding carboxylic acids is 2. The maximum absolute atomic E-state index is 12.4. The molecule has 2 aromatic rings. The molecule has 0 unspecified atom stereocenters. The molecule has 0 N–H and O–H groups in total. The number of esters is 1. The summed E-state index contributed by atoms with van der Waals surface area (Å²) in [6.07, 6.45) is 3.63. The first kappa shape index (κ1) is 13.5. The van der Waals surface area contributed by atoms with Crippen LogP contribution in [0.3, 0.4) is 0 Å². The molecule has 0 saturated carbocycles. The van der Waals surface area contributed by atoms with Gasteiger partial charge in [0.1, 0.15) is 0 Å². The van der Waals surface area contributed by atoms with Crippen LogP contribution in [0.4, 0.5) is 0 Å². The predicted octanol–water partition coefficient (Wildman–Crippen LogP) is 3.24. The number of carbonyl (C=O) groups is 2. The molecule has 2 aromatic heterocycles. The summed E-state index contributed by atoms with van der Waals surface area (Å²) < 4.78 is 4.63. The van der Waals surface area contributed by atoms with Gasteiger partial charge >= 0.3 is 5.97 Å². The van der Waals surface area contributed by atoms with Gasteiger partial charge in [-0.3, -0.25) is 9.59 Å². The maximum atomic E-state index is 12.4. The number of ketones is 1. The lowest BCUT2D eigenvalue weighted by Crippen LogP contribution is -2.02. The van der Waals surface area contributed by atoms with Crippen LogP contribution in [0.2, 0.25) is 0 Å². The fraction of sp³-hybridized carbons (Fsp3) is 0.333. The largest absolute Gasteiger partial charge is 0.469 e. The van der Waals surface area contributed by atoms with E-state index in [4.69, 9.17) is 0 Å². The summed E-state index contributed by atoms with van der Waals surface area (Å²) in [5, 5.41) is 0. The van der Waals surface area contributed by atoms with E-state index in [1.807, 2.05) is 12.1 Å². The molecule has 0 bridgehead atoms. The summed E-state index contributed by atoms with van der Waals surface area (Å²) in [5.74, 6) is -0.202. The second kappa shape index (κ2) is 5.50. The summed E-state index contributed by atoms with van der Waals surface area (Å²) >= 11 is 2.99. The zero-order valence-corrected chi connectivity index (χ0v) is 12.7. The van der Waals surface area contributed by atoms with Crippen LogP contribution in [-0.4, -0.2) is 18.9 Å². The molecule has 3 nitrogen and oxygen atoms in total. The molecule has 5 heteroatoms. The highest BCUT2D eigenvalue weighted by Crippen LogP contribution is 2.32. The van der Waals surface area contributed by atoms with Gasteiger partial charge in [0.2, 0.25) is 5.78 Å². The van der Waals surface area contributed by atoms with Gasteiger partial charge in [-0.25, -0.2) is 0 Å². The molecule has 0 radical (unpaired) electrons. The molecule has 0 saturated heterocycles. The van der Waals surface area contributed by atoms with E-state index in [9.17, 15) is 9.59 Å². The van der Waals surface area contributed by atoms with Gasteiger partial charge in [-0.05, 0) is 43.0 Å². The van der Waals surface area contributed by atoms with Crippen LogP contribution in [0.25, 0.3) is 0 Å². The molecule has 0 spiro atoms. The Balaban J connectivity index is 1.78. The fourth-order valence-corrected chi connectivity index (χ4v) is 4.59. The van der Waals surface area contributed by atoms with Crippen molar-refractivity contribution < 1.29 is 14.3 Å². The second-order valence-electron chi connectivity index (χ2n) is 4.76. The van der Waals surface area contributed by atoms with E-state index in [0.29, 0.717) is 4.88 Å². The van der Waals surface area contributed by atoms with Gasteiger partial charge in [0, 0.05) is 9.75 Å². The molecule has 3 rings (SSSR count). The quantitative estimate of drug-likeness (QED) is 0.643. The third-order valence-corrected chi connectivity index (χ3v) is 5.72. The SMILES string of the molecule is COC(=O)Cc1ccc(C(=O)c2cc3c(s2)CCC3)s1.